The molecule has 0 bridgehead atoms. The second kappa shape index (κ2) is 7.85. The van der Waals surface area contributed by atoms with E-state index < -0.39 is 13.6 Å². The van der Waals surface area contributed by atoms with Crippen LogP contribution in [0.5, 0.6) is 0 Å². The summed E-state index contributed by atoms with van der Waals surface area (Å²) in [7, 11) is -0.126. The SMILES string of the molecule is COP(=O)(CCCCCCC(=O)O)OC. The molecule has 15 heavy (non-hydrogen) atoms. The van der Waals surface area contributed by atoms with Gasteiger partial charge in [-0.25, -0.2) is 0 Å². The molecule has 6 heteroatoms. The number of hydrogen-bond donors (Lipinski definition) is 1. The highest BCUT2D eigenvalue weighted by molar-refractivity contribution is 7.53. The number of carboxylic acid groups (broad SMARTS) is 1. The lowest BCUT2D eigenvalue weighted by atomic mass is 10.2. The van der Waals surface area contributed by atoms with E-state index in [1.807, 2.05) is 0 Å². The van der Waals surface area contributed by atoms with Crippen molar-refractivity contribution in [2.45, 2.75) is 32.1 Å². The summed E-state index contributed by atoms with van der Waals surface area (Å²) in [4.78, 5) is 10.2. The van der Waals surface area contributed by atoms with Gasteiger partial charge in [0.1, 0.15) is 0 Å². The Bertz CT molecular complexity index is 221. The van der Waals surface area contributed by atoms with E-state index in [9.17, 15) is 9.36 Å². The summed E-state index contributed by atoms with van der Waals surface area (Å²) in [5, 5.41) is 8.39. The van der Waals surface area contributed by atoms with Crippen LogP contribution in [0.3, 0.4) is 0 Å². The number of unbranched alkanes of at least 4 members (excludes halogenated alkanes) is 3. The summed E-state index contributed by atoms with van der Waals surface area (Å²) in [5.41, 5.74) is 0. The molecule has 0 fully saturated rings. The van der Waals surface area contributed by atoms with Crippen molar-refractivity contribution >= 4 is 13.6 Å². The molecule has 0 aliphatic heterocycles. The topological polar surface area (TPSA) is 72.8 Å². The molecule has 1 N–H and O–H groups in total. The van der Waals surface area contributed by atoms with E-state index in [0.29, 0.717) is 12.6 Å². The lowest BCUT2D eigenvalue weighted by Crippen LogP contribution is -1.96. The molecule has 90 valence electrons. The lowest BCUT2D eigenvalue weighted by molar-refractivity contribution is -0.137. The summed E-state index contributed by atoms with van der Waals surface area (Å²) < 4.78 is 21.1. The van der Waals surface area contributed by atoms with Crippen molar-refractivity contribution in [1.29, 1.82) is 0 Å². The van der Waals surface area contributed by atoms with Gasteiger partial charge >= 0.3 is 13.6 Å². The third-order valence-electron chi connectivity index (χ3n) is 2.13. The molecule has 0 atom stereocenters. The zero-order valence-corrected chi connectivity index (χ0v) is 10.2. The molecule has 0 aromatic heterocycles. The second-order valence-electron chi connectivity index (χ2n) is 3.26. The predicted molar refractivity (Wildman–Crippen MR) is 57.2 cm³/mol. The van der Waals surface area contributed by atoms with Crippen LogP contribution in [-0.2, 0) is 18.4 Å². The van der Waals surface area contributed by atoms with Gasteiger partial charge in [0.15, 0.2) is 0 Å². The standard InChI is InChI=1S/C9H19O5P/c1-13-15(12,14-2)8-6-4-3-5-7-9(10)11/h3-8H2,1-2H3,(H,10,11). The fourth-order valence-electron chi connectivity index (χ4n) is 1.19. The summed E-state index contributed by atoms with van der Waals surface area (Å²) in [5.74, 6) is -0.769. The van der Waals surface area contributed by atoms with Gasteiger partial charge in [-0.2, -0.15) is 0 Å². The first-order chi connectivity index (χ1) is 7.04. The molecule has 0 saturated carbocycles. The van der Waals surface area contributed by atoms with Crippen LogP contribution in [0.1, 0.15) is 32.1 Å². The van der Waals surface area contributed by atoms with Crippen molar-refractivity contribution in [3.8, 4) is 0 Å². The third kappa shape index (κ3) is 7.54. The molecule has 0 aliphatic carbocycles. The quantitative estimate of drug-likeness (QED) is 0.493. The van der Waals surface area contributed by atoms with Gasteiger partial charge in [0.2, 0.25) is 0 Å². The van der Waals surface area contributed by atoms with Gasteiger partial charge in [0, 0.05) is 20.6 Å². The zero-order chi connectivity index (χ0) is 11.7. The molecule has 5 nitrogen and oxygen atoms in total. The number of carbonyl (C=O) groups is 1. The predicted octanol–water partition coefficient (Wildman–Crippen LogP) is 2.51. The number of aliphatic carboxylic acids is 1. The van der Waals surface area contributed by atoms with Gasteiger partial charge in [-0.05, 0) is 12.8 Å². The highest BCUT2D eigenvalue weighted by Gasteiger charge is 2.19. The largest absolute Gasteiger partial charge is 0.481 e. The molecule has 0 heterocycles. The first-order valence-electron chi connectivity index (χ1n) is 4.96. The van der Waals surface area contributed by atoms with Gasteiger partial charge in [-0.3, -0.25) is 9.36 Å². The lowest BCUT2D eigenvalue weighted by Gasteiger charge is -2.12. The van der Waals surface area contributed by atoms with Gasteiger partial charge < -0.3 is 14.2 Å². The molecule has 0 rings (SSSR count). The van der Waals surface area contributed by atoms with E-state index >= 15 is 0 Å². The van der Waals surface area contributed by atoms with E-state index in [0.717, 1.165) is 19.3 Å². The highest BCUT2D eigenvalue weighted by Crippen LogP contribution is 2.47. The molecular weight excluding hydrogens is 219 g/mol. The van der Waals surface area contributed by atoms with Crippen molar-refractivity contribution < 1.29 is 23.5 Å². The molecular formula is C9H19O5P. The van der Waals surface area contributed by atoms with Crippen molar-refractivity contribution in [3.63, 3.8) is 0 Å². The van der Waals surface area contributed by atoms with Crippen LogP contribution in [0.4, 0.5) is 0 Å². The zero-order valence-electron chi connectivity index (χ0n) is 9.27. The van der Waals surface area contributed by atoms with Crippen LogP contribution in [0.15, 0.2) is 0 Å². The Morgan fingerprint density at radius 1 is 1.13 bits per heavy atom. The molecule has 0 amide bonds. The summed E-state index contributed by atoms with van der Waals surface area (Å²) in [6, 6.07) is 0. The van der Waals surface area contributed by atoms with Crippen LogP contribution in [-0.4, -0.2) is 31.5 Å². The van der Waals surface area contributed by atoms with Crippen molar-refractivity contribution in [2.24, 2.45) is 0 Å². The van der Waals surface area contributed by atoms with Crippen LogP contribution < -0.4 is 0 Å². The summed E-state index contributed by atoms with van der Waals surface area (Å²) in [6.45, 7) is 0. The monoisotopic (exact) mass is 238 g/mol. The van der Waals surface area contributed by atoms with Gasteiger partial charge in [0.05, 0.1) is 6.16 Å². The maximum Gasteiger partial charge on any atom is 0.330 e. The minimum atomic E-state index is -2.87. The highest BCUT2D eigenvalue weighted by atomic mass is 31.2. The van der Waals surface area contributed by atoms with Gasteiger partial charge in [-0.15, -0.1) is 0 Å². The van der Waals surface area contributed by atoms with E-state index in [-0.39, 0.29) is 6.42 Å². The van der Waals surface area contributed by atoms with E-state index in [2.05, 4.69) is 0 Å². The Morgan fingerprint density at radius 3 is 2.13 bits per heavy atom. The molecule has 0 aliphatic rings. The molecule has 0 spiro atoms. The second-order valence-corrected chi connectivity index (χ2v) is 5.66. The Balaban J connectivity index is 3.45. The molecule has 0 saturated heterocycles. The minimum absolute atomic E-state index is 0.201. The van der Waals surface area contributed by atoms with Crippen molar-refractivity contribution in [2.75, 3.05) is 20.4 Å². The molecule has 0 aromatic carbocycles. The average Bonchev–Trinajstić information content (AvgIpc) is 2.22. The van der Waals surface area contributed by atoms with Crippen molar-refractivity contribution in [1.82, 2.24) is 0 Å². The van der Waals surface area contributed by atoms with E-state index in [1.165, 1.54) is 14.2 Å². The fourth-order valence-corrected chi connectivity index (χ4v) is 2.32. The van der Waals surface area contributed by atoms with Gasteiger partial charge in [-0.1, -0.05) is 12.8 Å². The number of rotatable bonds is 9. The summed E-state index contributed by atoms with van der Waals surface area (Å²) in [6.07, 6.45) is 3.68. The fraction of sp³-hybridized carbons (Fsp3) is 0.889. The Morgan fingerprint density at radius 2 is 1.67 bits per heavy atom. The third-order valence-corrected chi connectivity index (χ3v) is 4.11. The normalized spacial score (nSPS) is 11.6. The van der Waals surface area contributed by atoms with E-state index in [4.69, 9.17) is 14.2 Å². The maximum atomic E-state index is 11.6. The summed E-state index contributed by atoms with van der Waals surface area (Å²) >= 11 is 0. The van der Waals surface area contributed by atoms with E-state index in [1.54, 1.807) is 0 Å². The number of carboxylic acids is 1. The van der Waals surface area contributed by atoms with Crippen LogP contribution in [0.25, 0.3) is 0 Å². The van der Waals surface area contributed by atoms with Gasteiger partial charge in [0.25, 0.3) is 0 Å². The van der Waals surface area contributed by atoms with Crippen molar-refractivity contribution in [3.05, 3.63) is 0 Å². The Labute approximate surface area is 90.3 Å². The molecule has 0 aromatic rings. The van der Waals surface area contributed by atoms with Crippen LogP contribution >= 0.6 is 7.60 Å². The number of hydrogen-bond acceptors (Lipinski definition) is 4. The first kappa shape index (κ1) is 14.6. The molecule has 0 radical (unpaired) electrons. The smallest absolute Gasteiger partial charge is 0.330 e. The maximum absolute atomic E-state index is 11.6. The minimum Gasteiger partial charge on any atom is -0.481 e. The molecule has 0 unspecified atom stereocenters. The average molecular weight is 238 g/mol. The van der Waals surface area contributed by atoms with Crippen LogP contribution in [0.2, 0.25) is 0 Å². The Hall–Kier alpha value is -0.380. The Kier molecular flexibility index (Phi) is 7.65. The first-order valence-corrected chi connectivity index (χ1v) is 6.69. The van der Waals surface area contributed by atoms with Crippen LogP contribution in [0, 0.1) is 0 Å².